The highest BCUT2D eigenvalue weighted by Crippen LogP contribution is 2.42. The Kier molecular flexibility index (Phi) is 8.76. The van der Waals surface area contributed by atoms with Crippen molar-refractivity contribution in [3.05, 3.63) is 109 Å². The van der Waals surface area contributed by atoms with Crippen molar-refractivity contribution in [1.82, 2.24) is 5.32 Å². The predicted octanol–water partition coefficient (Wildman–Crippen LogP) is 6.54. The van der Waals surface area contributed by atoms with Gasteiger partial charge < -0.3 is 5.32 Å². The smallest absolute Gasteiger partial charge is 0.264 e. The summed E-state index contributed by atoms with van der Waals surface area (Å²) in [6.45, 7) is 0.363. The number of nitriles is 1. The summed E-state index contributed by atoms with van der Waals surface area (Å²) in [5.74, 6) is -0.746. The van der Waals surface area contributed by atoms with Gasteiger partial charge in [0, 0.05) is 26.8 Å². The maximum atomic E-state index is 13.6. The molecule has 0 aliphatic carbocycles. The first kappa shape index (κ1) is 26.3. The predicted molar refractivity (Wildman–Crippen MR) is 149 cm³/mol. The maximum absolute atomic E-state index is 13.6. The average Bonchev–Trinajstić information content (AvgIpc) is 3.18. The van der Waals surface area contributed by atoms with Crippen molar-refractivity contribution in [2.75, 3.05) is 11.4 Å². The molecule has 9 heteroatoms. The molecule has 182 valence electrons. The highest BCUT2D eigenvalue weighted by Gasteiger charge is 2.41. The molecule has 1 fully saturated rings. The number of anilines is 1. The zero-order valence-corrected chi connectivity index (χ0v) is 22.8. The highest BCUT2D eigenvalue weighted by molar-refractivity contribution is 9.10. The third-order valence-electron chi connectivity index (χ3n) is 5.55. The van der Waals surface area contributed by atoms with Gasteiger partial charge in [0.1, 0.15) is 16.7 Å². The van der Waals surface area contributed by atoms with Gasteiger partial charge >= 0.3 is 0 Å². The van der Waals surface area contributed by atoms with Gasteiger partial charge in [-0.3, -0.25) is 14.5 Å². The number of nitrogens with one attached hydrogen (secondary N) is 1. The van der Waals surface area contributed by atoms with Crippen molar-refractivity contribution in [2.24, 2.45) is 0 Å². The summed E-state index contributed by atoms with van der Waals surface area (Å²) in [5, 5.41) is 13.5. The Morgan fingerprint density at radius 3 is 2.47 bits per heavy atom. The minimum atomic E-state index is -0.567. The van der Waals surface area contributed by atoms with Crippen molar-refractivity contribution in [3.63, 3.8) is 0 Å². The Morgan fingerprint density at radius 2 is 1.81 bits per heavy atom. The molecule has 1 atom stereocenters. The van der Waals surface area contributed by atoms with E-state index < -0.39 is 11.2 Å². The lowest BCUT2D eigenvalue weighted by atomic mass is 10.1. The van der Waals surface area contributed by atoms with Crippen molar-refractivity contribution in [1.29, 1.82) is 5.26 Å². The number of nitrogens with zero attached hydrogens (tertiary/aromatic N) is 2. The van der Waals surface area contributed by atoms with Crippen LogP contribution in [0.3, 0.4) is 0 Å². The van der Waals surface area contributed by atoms with Gasteiger partial charge in [-0.05, 0) is 60.4 Å². The summed E-state index contributed by atoms with van der Waals surface area (Å²) < 4.78 is 0.847. The molecule has 1 aliphatic rings. The fourth-order valence-corrected chi connectivity index (χ4v) is 5.80. The lowest BCUT2D eigenvalue weighted by molar-refractivity contribution is -0.117. The van der Waals surface area contributed by atoms with Crippen molar-refractivity contribution in [2.45, 2.75) is 18.1 Å². The summed E-state index contributed by atoms with van der Waals surface area (Å²) >= 11 is 17.0. The summed E-state index contributed by atoms with van der Waals surface area (Å²) in [7, 11) is 0. The van der Waals surface area contributed by atoms with Gasteiger partial charge in [0.2, 0.25) is 5.91 Å². The number of benzene rings is 3. The molecule has 1 heterocycles. The number of hydrogen-bond acceptors (Lipinski definition) is 4. The largest absolute Gasteiger partial charge is 0.351 e. The molecule has 1 N–H and O–H groups in total. The van der Waals surface area contributed by atoms with E-state index in [1.54, 1.807) is 42.5 Å². The molecule has 1 aliphatic heterocycles. The minimum Gasteiger partial charge on any atom is -0.351 e. The molecule has 3 aromatic carbocycles. The lowest BCUT2D eigenvalue weighted by Gasteiger charge is -2.19. The van der Waals surface area contributed by atoms with Gasteiger partial charge in [0.05, 0.1) is 5.25 Å². The van der Waals surface area contributed by atoms with Crippen LogP contribution in [0.5, 0.6) is 0 Å². The van der Waals surface area contributed by atoms with E-state index in [1.165, 1.54) is 16.7 Å². The summed E-state index contributed by atoms with van der Waals surface area (Å²) in [6.07, 6.45) is 0.950. The van der Waals surface area contributed by atoms with Crippen LogP contribution in [0.25, 0.3) is 0 Å². The molecule has 5 nitrogen and oxygen atoms in total. The molecule has 0 aromatic heterocycles. The average molecular weight is 601 g/mol. The molecule has 0 bridgehead atoms. The van der Waals surface area contributed by atoms with Crippen LogP contribution in [0.2, 0.25) is 10.0 Å². The second-order valence-electron chi connectivity index (χ2n) is 7.98. The first-order valence-corrected chi connectivity index (χ1v) is 13.5. The van der Waals surface area contributed by atoms with Gasteiger partial charge in [0.25, 0.3) is 5.91 Å². The minimum absolute atomic E-state index is 0.103. The molecule has 36 heavy (non-hydrogen) atoms. The van der Waals surface area contributed by atoms with Crippen LogP contribution < -0.4 is 10.2 Å². The number of hydrogen-bond donors (Lipinski definition) is 1. The van der Waals surface area contributed by atoms with E-state index in [0.717, 1.165) is 15.6 Å². The molecule has 1 saturated heterocycles. The molecular formula is C27H20BrCl2N3O2S. The summed E-state index contributed by atoms with van der Waals surface area (Å²) in [5.41, 5.74) is 2.30. The number of amides is 2. The summed E-state index contributed by atoms with van der Waals surface area (Å²) in [4.78, 5) is 28.1. The molecule has 0 saturated carbocycles. The van der Waals surface area contributed by atoms with Crippen molar-refractivity contribution >= 4 is 68.4 Å². The Balaban J connectivity index is 1.63. The van der Waals surface area contributed by atoms with E-state index >= 15 is 0 Å². The number of rotatable bonds is 7. The third-order valence-corrected chi connectivity index (χ3v) is 7.93. The Labute approximate surface area is 232 Å². The second-order valence-corrected chi connectivity index (χ2v) is 10.9. The zero-order chi connectivity index (χ0) is 25.7. The van der Waals surface area contributed by atoms with Crippen molar-refractivity contribution < 1.29 is 9.59 Å². The van der Waals surface area contributed by atoms with E-state index in [-0.39, 0.29) is 11.5 Å². The van der Waals surface area contributed by atoms with E-state index in [2.05, 4.69) is 21.2 Å². The Morgan fingerprint density at radius 1 is 1.08 bits per heavy atom. The van der Waals surface area contributed by atoms with Crippen LogP contribution in [0.1, 0.15) is 11.1 Å². The lowest BCUT2D eigenvalue weighted by Crippen LogP contribution is -2.32. The molecule has 3 aromatic rings. The van der Waals surface area contributed by atoms with E-state index in [9.17, 15) is 14.9 Å². The van der Waals surface area contributed by atoms with Crippen molar-refractivity contribution in [3.8, 4) is 6.07 Å². The first-order valence-electron chi connectivity index (χ1n) is 11.0. The third kappa shape index (κ3) is 6.13. The van der Waals surface area contributed by atoms with E-state index in [0.29, 0.717) is 40.1 Å². The van der Waals surface area contributed by atoms with Gasteiger partial charge in [0.15, 0.2) is 0 Å². The monoisotopic (exact) mass is 599 g/mol. The molecule has 4 rings (SSSR count). The Bertz CT molecular complexity index is 1360. The zero-order valence-electron chi connectivity index (χ0n) is 18.9. The number of halogens is 3. The van der Waals surface area contributed by atoms with Crippen LogP contribution in [0, 0.1) is 11.3 Å². The number of thioether (sulfide) groups is 1. The molecule has 1 unspecified atom stereocenters. The normalized spacial score (nSPS) is 16.6. The second kappa shape index (κ2) is 12.0. The van der Waals surface area contributed by atoms with Gasteiger partial charge in [-0.25, -0.2) is 0 Å². The SMILES string of the molecule is N#C/C(C(=O)NCCc1ccccc1)=C1/SC(Cc2ccc(Cl)cc2Cl)C(=O)N1c1ccc(Br)cc1. The topological polar surface area (TPSA) is 73.2 Å². The molecule has 0 spiro atoms. The van der Waals surface area contributed by atoms with Crippen LogP contribution in [0.15, 0.2) is 87.9 Å². The molecule has 0 radical (unpaired) electrons. The van der Waals surface area contributed by atoms with Gasteiger partial charge in [-0.15, -0.1) is 0 Å². The van der Waals surface area contributed by atoms with E-state index in [1.807, 2.05) is 36.4 Å². The number of carbonyl (C=O) groups excluding carboxylic acids is 2. The standard InChI is InChI=1S/C27H20BrCl2N3O2S/c28-19-7-10-21(11-8-19)33-26(35)24(14-18-6-9-20(29)15-23(18)30)36-27(33)22(16-31)25(34)32-13-12-17-4-2-1-3-5-17/h1-11,15,24H,12-14H2,(H,32,34)/b27-22-. The van der Waals surface area contributed by atoms with Gasteiger partial charge in [-0.1, -0.05) is 87.3 Å². The van der Waals surface area contributed by atoms with Crippen LogP contribution in [-0.2, 0) is 22.4 Å². The van der Waals surface area contributed by atoms with Crippen LogP contribution in [0.4, 0.5) is 5.69 Å². The fraction of sp³-hybridized carbons (Fsp3) is 0.148. The quantitative estimate of drug-likeness (QED) is 0.247. The number of carbonyl (C=O) groups is 2. The van der Waals surface area contributed by atoms with Crippen LogP contribution in [-0.4, -0.2) is 23.6 Å². The molecule has 2 amide bonds. The molecular weight excluding hydrogens is 581 g/mol. The van der Waals surface area contributed by atoms with Gasteiger partial charge in [-0.2, -0.15) is 5.26 Å². The Hall–Kier alpha value is -2.76. The van der Waals surface area contributed by atoms with E-state index in [4.69, 9.17) is 23.2 Å². The first-order chi connectivity index (χ1) is 17.4. The summed E-state index contributed by atoms with van der Waals surface area (Å²) in [6, 6.07) is 24.1. The fourth-order valence-electron chi connectivity index (χ4n) is 3.75. The maximum Gasteiger partial charge on any atom is 0.264 e. The van der Waals surface area contributed by atoms with Crippen LogP contribution >= 0.6 is 50.9 Å². The highest BCUT2D eigenvalue weighted by atomic mass is 79.9.